The summed E-state index contributed by atoms with van der Waals surface area (Å²) in [6.07, 6.45) is 7.63. The van der Waals surface area contributed by atoms with E-state index in [1.165, 1.54) is 18.4 Å². The van der Waals surface area contributed by atoms with Gasteiger partial charge < -0.3 is 19.5 Å². The molecule has 7 nitrogen and oxygen atoms in total. The van der Waals surface area contributed by atoms with Crippen LogP contribution in [-0.2, 0) is 11.3 Å². The largest absolute Gasteiger partial charge is 0.371 e. The van der Waals surface area contributed by atoms with Crippen molar-refractivity contribution in [2.75, 3.05) is 24.6 Å². The summed E-state index contributed by atoms with van der Waals surface area (Å²) in [5, 5.41) is 3.62. The van der Waals surface area contributed by atoms with Gasteiger partial charge >= 0.3 is 0 Å². The number of fused-ring (bicyclic) bond motifs is 5. The first-order chi connectivity index (χ1) is 17.8. The molecule has 3 aliphatic heterocycles. The standard InChI is InChI=1S/C29H32N6O/c1-19-7-9-23-16-30-12-11-25(19)34(23)29-31-14-22(15-32-29)21-8-10-24-26(13-21)35-27(17-36-18-28(35)33-24)20-5-3-2-4-6-20/h2-6,8,10,13-15,19,23,25,27,30H,7,9,11-12,16-18H2,1H3/t19-,23+,25+,27+/m0/s1. The van der Waals surface area contributed by atoms with Gasteiger partial charge in [0.2, 0.25) is 5.95 Å². The van der Waals surface area contributed by atoms with E-state index < -0.39 is 0 Å². The van der Waals surface area contributed by atoms with Gasteiger partial charge in [-0.1, -0.05) is 43.3 Å². The minimum Gasteiger partial charge on any atom is -0.371 e. The topological polar surface area (TPSA) is 68.1 Å². The molecule has 184 valence electrons. The Balaban J connectivity index is 1.24. The normalized spacial score (nSPS) is 26.0. The maximum absolute atomic E-state index is 5.91. The van der Waals surface area contributed by atoms with Crippen LogP contribution in [0.25, 0.3) is 22.2 Å². The number of hydrogen-bond acceptors (Lipinski definition) is 6. The molecule has 4 atom stereocenters. The number of aromatic nitrogens is 4. The van der Waals surface area contributed by atoms with Crippen molar-refractivity contribution in [2.24, 2.45) is 5.92 Å². The van der Waals surface area contributed by atoms with Gasteiger partial charge in [-0.05, 0) is 55.0 Å². The molecule has 0 radical (unpaired) electrons. The molecule has 2 fully saturated rings. The summed E-state index contributed by atoms with van der Waals surface area (Å²) in [7, 11) is 0. The second kappa shape index (κ2) is 8.98. The Hall–Kier alpha value is -3.29. The highest BCUT2D eigenvalue weighted by atomic mass is 16.5. The summed E-state index contributed by atoms with van der Waals surface area (Å²) in [6, 6.07) is 18.1. The van der Waals surface area contributed by atoms with Crippen LogP contribution >= 0.6 is 0 Å². The van der Waals surface area contributed by atoms with E-state index in [-0.39, 0.29) is 6.04 Å². The van der Waals surface area contributed by atoms with Gasteiger partial charge in [0.25, 0.3) is 0 Å². The van der Waals surface area contributed by atoms with Crippen molar-refractivity contribution in [1.29, 1.82) is 0 Å². The minimum atomic E-state index is 0.117. The van der Waals surface area contributed by atoms with Crippen molar-refractivity contribution in [3.05, 3.63) is 72.3 Å². The van der Waals surface area contributed by atoms with Gasteiger partial charge in [0.05, 0.1) is 23.7 Å². The highest BCUT2D eigenvalue weighted by Crippen LogP contribution is 2.35. The van der Waals surface area contributed by atoms with Gasteiger partial charge in [0.1, 0.15) is 12.4 Å². The van der Waals surface area contributed by atoms with Crippen LogP contribution in [0.5, 0.6) is 0 Å². The molecule has 5 heterocycles. The molecule has 1 N–H and O–H groups in total. The number of benzene rings is 2. The Bertz CT molecular complexity index is 1370. The predicted molar refractivity (Wildman–Crippen MR) is 141 cm³/mol. The van der Waals surface area contributed by atoms with Crippen molar-refractivity contribution in [3.8, 4) is 11.1 Å². The van der Waals surface area contributed by atoms with Crippen LogP contribution in [0.2, 0.25) is 0 Å². The molecule has 3 aliphatic rings. The SMILES string of the molecule is C[C@H]1CC[C@@H]2CNCC[C@H]1N2c1ncc(-c2ccc3nc4n(c3c2)[C@@H](c2ccccc2)COC4)cn1. The van der Waals surface area contributed by atoms with E-state index in [0.29, 0.717) is 31.2 Å². The van der Waals surface area contributed by atoms with E-state index >= 15 is 0 Å². The molecule has 2 saturated heterocycles. The smallest absolute Gasteiger partial charge is 0.225 e. The molecular weight excluding hydrogens is 448 g/mol. The molecule has 7 heteroatoms. The second-order valence-corrected chi connectivity index (χ2v) is 10.5. The number of piperidine rings is 1. The second-order valence-electron chi connectivity index (χ2n) is 10.5. The molecule has 0 unspecified atom stereocenters. The summed E-state index contributed by atoms with van der Waals surface area (Å²) in [5.41, 5.74) is 5.51. The highest BCUT2D eigenvalue weighted by Gasteiger charge is 2.37. The number of nitrogens with one attached hydrogen (secondary N) is 1. The van der Waals surface area contributed by atoms with E-state index in [9.17, 15) is 0 Å². The highest BCUT2D eigenvalue weighted by molar-refractivity contribution is 5.83. The molecule has 0 aliphatic carbocycles. The number of nitrogens with zero attached hydrogens (tertiary/aromatic N) is 5. The van der Waals surface area contributed by atoms with Gasteiger partial charge in [-0.25, -0.2) is 15.0 Å². The monoisotopic (exact) mass is 480 g/mol. The molecule has 7 rings (SSSR count). The van der Waals surface area contributed by atoms with Gasteiger partial charge in [-0.15, -0.1) is 0 Å². The van der Waals surface area contributed by atoms with Gasteiger partial charge in [-0.3, -0.25) is 0 Å². The minimum absolute atomic E-state index is 0.117. The summed E-state index contributed by atoms with van der Waals surface area (Å²) < 4.78 is 8.26. The van der Waals surface area contributed by atoms with Crippen molar-refractivity contribution in [3.63, 3.8) is 0 Å². The number of anilines is 1. The van der Waals surface area contributed by atoms with Crippen LogP contribution in [0, 0.1) is 5.92 Å². The fourth-order valence-corrected chi connectivity index (χ4v) is 6.42. The Morgan fingerprint density at radius 3 is 2.69 bits per heavy atom. The van der Waals surface area contributed by atoms with E-state index in [2.05, 4.69) is 70.2 Å². The van der Waals surface area contributed by atoms with E-state index in [1.54, 1.807) is 0 Å². The van der Waals surface area contributed by atoms with E-state index in [0.717, 1.165) is 53.4 Å². The molecule has 2 aromatic heterocycles. The zero-order chi connectivity index (χ0) is 24.1. The molecular formula is C29H32N6O. The Labute approximate surface area is 211 Å². The maximum atomic E-state index is 5.91. The number of ether oxygens (including phenoxy) is 1. The lowest BCUT2D eigenvalue weighted by molar-refractivity contribution is 0.0679. The van der Waals surface area contributed by atoms with E-state index in [4.69, 9.17) is 19.7 Å². The molecule has 0 spiro atoms. The average molecular weight is 481 g/mol. The van der Waals surface area contributed by atoms with Crippen LogP contribution in [-0.4, -0.2) is 51.3 Å². The summed E-state index contributed by atoms with van der Waals surface area (Å²) in [5.74, 6) is 2.51. The predicted octanol–water partition coefficient (Wildman–Crippen LogP) is 4.58. The van der Waals surface area contributed by atoms with Crippen LogP contribution in [0.3, 0.4) is 0 Å². The van der Waals surface area contributed by atoms with E-state index in [1.807, 2.05) is 12.4 Å². The van der Waals surface area contributed by atoms with Crippen molar-refractivity contribution >= 4 is 17.0 Å². The first kappa shape index (κ1) is 21.9. The molecule has 0 amide bonds. The lowest BCUT2D eigenvalue weighted by atomic mass is 9.86. The Morgan fingerprint density at radius 2 is 1.83 bits per heavy atom. The maximum Gasteiger partial charge on any atom is 0.225 e. The Morgan fingerprint density at radius 1 is 0.972 bits per heavy atom. The zero-order valence-corrected chi connectivity index (χ0v) is 20.7. The van der Waals surface area contributed by atoms with Gasteiger partial charge in [0.15, 0.2) is 0 Å². The third kappa shape index (κ3) is 3.69. The molecule has 2 bridgehead atoms. The number of imidazole rings is 1. The molecule has 4 aromatic rings. The van der Waals surface area contributed by atoms with Crippen molar-refractivity contribution in [2.45, 2.75) is 50.9 Å². The number of rotatable bonds is 3. The molecule has 0 saturated carbocycles. The Kier molecular flexibility index (Phi) is 5.47. The van der Waals surface area contributed by atoms with Crippen molar-refractivity contribution in [1.82, 2.24) is 24.8 Å². The van der Waals surface area contributed by atoms with Gasteiger partial charge in [-0.2, -0.15) is 0 Å². The lowest BCUT2D eigenvalue weighted by Gasteiger charge is -2.44. The van der Waals surface area contributed by atoms with Crippen LogP contribution < -0.4 is 10.2 Å². The van der Waals surface area contributed by atoms with Crippen molar-refractivity contribution < 1.29 is 4.74 Å². The zero-order valence-electron chi connectivity index (χ0n) is 20.7. The summed E-state index contributed by atoms with van der Waals surface area (Å²) in [6.45, 7) is 5.66. The summed E-state index contributed by atoms with van der Waals surface area (Å²) >= 11 is 0. The fourth-order valence-electron chi connectivity index (χ4n) is 6.42. The first-order valence-corrected chi connectivity index (χ1v) is 13.2. The molecule has 36 heavy (non-hydrogen) atoms. The third-order valence-corrected chi connectivity index (χ3v) is 8.33. The third-order valence-electron chi connectivity index (χ3n) is 8.33. The molecule has 2 aromatic carbocycles. The van der Waals surface area contributed by atoms with Crippen LogP contribution in [0.15, 0.2) is 60.9 Å². The first-order valence-electron chi connectivity index (χ1n) is 13.2. The van der Waals surface area contributed by atoms with Gasteiger partial charge in [0, 0.05) is 36.6 Å². The quantitative estimate of drug-likeness (QED) is 0.463. The summed E-state index contributed by atoms with van der Waals surface area (Å²) in [4.78, 5) is 17.2. The fraction of sp³-hybridized carbons (Fsp3) is 0.414. The van der Waals surface area contributed by atoms with Crippen LogP contribution in [0.1, 0.15) is 43.6 Å². The van der Waals surface area contributed by atoms with Crippen LogP contribution in [0.4, 0.5) is 5.95 Å². The number of hydrogen-bond donors (Lipinski definition) is 1. The lowest BCUT2D eigenvalue weighted by Crippen LogP contribution is -2.52. The average Bonchev–Trinajstić information content (AvgIpc) is 3.22.